The number of aliphatic carboxylic acids is 1. The summed E-state index contributed by atoms with van der Waals surface area (Å²) in [7, 11) is 0. The average Bonchev–Trinajstić information content (AvgIpc) is 2.42. The SMILES string of the molecule is CCCCCCCCCCCC(=O)N[C@H](C(=O)O)[C@@H](C)O.[K]. The van der Waals surface area contributed by atoms with Gasteiger partial charge in [-0.15, -0.1) is 0 Å². The molecule has 6 heteroatoms. The second kappa shape index (κ2) is 16.4. The summed E-state index contributed by atoms with van der Waals surface area (Å²) in [6, 6.07) is -1.21. The minimum atomic E-state index is -1.21. The molecule has 0 heterocycles. The molecule has 0 fully saturated rings. The molecule has 1 radical (unpaired) electrons. The average molecular weight is 341 g/mol. The van der Waals surface area contributed by atoms with Crippen molar-refractivity contribution < 1.29 is 19.8 Å². The summed E-state index contributed by atoms with van der Waals surface area (Å²) in [6.45, 7) is 3.56. The van der Waals surface area contributed by atoms with Crippen molar-refractivity contribution in [2.45, 2.75) is 90.2 Å². The van der Waals surface area contributed by atoms with Gasteiger partial charge in [0.25, 0.3) is 0 Å². The van der Waals surface area contributed by atoms with E-state index in [1.54, 1.807) is 0 Å². The van der Waals surface area contributed by atoms with E-state index in [1.165, 1.54) is 45.4 Å². The van der Waals surface area contributed by atoms with Gasteiger partial charge in [-0.05, 0) is 13.3 Å². The molecule has 0 saturated heterocycles. The van der Waals surface area contributed by atoms with Gasteiger partial charge in [-0.2, -0.15) is 0 Å². The molecule has 0 aliphatic rings. The first-order valence-electron chi connectivity index (χ1n) is 8.19. The topological polar surface area (TPSA) is 86.6 Å². The van der Waals surface area contributed by atoms with Crippen LogP contribution in [0, 0.1) is 0 Å². The van der Waals surface area contributed by atoms with Crippen LogP contribution in [0.25, 0.3) is 0 Å². The Morgan fingerprint density at radius 1 is 0.955 bits per heavy atom. The van der Waals surface area contributed by atoms with Crippen LogP contribution in [-0.2, 0) is 9.59 Å². The van der Waals surface area contributed by atoms with E-state index in [4.69, 9.17) is 5.11 Å². The van der Waals surface area contributed by atoms with Gasteiger partial charge in [-0.25, -0.2) is 4.79 Å². The van der Waals surface area contributed by atoms with E-state index in [9.17, 15) is 14.7 Å². The normalized spacial score (nSPS) is 13.0. The molecule has 0 aromatic heterocycles. The van der Waals surface area contributed by atoms with Crippen molar-refractivity contribution in [3.05, 3.63) is 0 Å². The molecule has 0 aromatic rings. The first kappa shape index (κ1) is 24.8. The van der Waals surface area contributed by atoms with Crippen molar-refractivity contribution in [1.29, 1.82) is 0 Å². The van der Waals surface area contributed by atoms with Crippen molar-refractivity contribution in [2.24, 2.45) is 0 Å². The minimum absolute atomic E-state index is 0. The van der Waals surface area contributed by atoms with E-state index in [2.05, 4.69) is 12.2 Å². The fourth-order valence-electron chi connectivity index (χ4n) is 2.23. The molecule has 0 aliphatic carbocycles. The van der Waals surface area contributed by atoms with Gasteiger partial charge in [0.1, 0.15) is 0 Å². The maximum atomic E-state index is 11.6. The predicted molar refractivity (Wildman–Crippen MR) is 88.8 cm³/mol. The second-order valence-corrected chi connectivity index (χ2v) is 5.70. The van der Waals surface area contributed by atoms with Crippen LogP contribution < -0.4 is 5.32 Å². The van der Waals surface area contributed by atoms with Crippen molar-refractivity contribution >= 4 is 63.3 Å². The first-order valence-corrected chi connectivity index (χ1v) is 8.19. The summed E-state index contributed by atoms with van der Waals surface area (Å²) >= 11 is 0. The molecular weight excluding hydrogens is 309 g/mol. The van der Waals surface area contributed by atoms with E-state index in [0.717, 1.165) is 19.3 Å². The molecule has 0 aliphatic heterocycles. The largest absolute Gasteiger partial charge is 0.480 e. The van der Waals surface area contributed by atoms with Crippen LogP contribution in [0.3, 0.4) is 0 Å². The predicted octanol–water partition coefficient (Wildman–Crippen LogP) is 2.48. The number of carbonyl (C=O) groups is 2. The Kier molecular flexibility index (Phi) is 18.5. The number of rotatable bonds is 13. The van der Waals surface area contributed by atoms with Crippen LogP contribution >= 0.6 is 0 Å². The number of nitrogens with one attached hydrogen (secondary N) is 1. The number of amides is 1. The molecule has 0 saturated carbocycles. The monoisotopic (exact) mass is 340 g/mol. The fraction of sp³-hybridized carbons (Fsp3) is 0.875. The molecule has 22 heavy (non-hydrogen) atoms. The number of aliphatic hydroxyl groups excluding tert-OH is 1. The van der Waals surface area contributed by atoms with Crippen molar-refractivity contribution in [1.82, 2.24) is 5.32 Å². The number of hydrogen-bond donors (Lipinski definition) is 3. The van der Waals surface area contributed by atoms with E-state index < -0.39 is 18.1 Å². The third kappa shape index (κ3) is 14.1. The van der Waals surface area contributed by atoms with Crippen LogP contribution in [0.4, 0.5) is 0 Å². The third-order valence-corrected chi connectivity index (χ3v) is 3.57. The fourth-order valence-corrected chi connectivity index (χ4v) is 2.23. The summed E-state index contributed by atoms with van der Waals surface area (Å²) in [5, 5.41) is 20.5. The van der Waals surface area contributed by atoms with Crippen LogP contribution in [0.5, 0.6) is 0 Å². The van der Waals surface area contributed by atoms with Gasteiger partial charge in [-0.1, -0.05) is 58.3 Å². The van der Waals surface area contributed by atoms with Gasteiger partial charge in [0, 0.05) is 57.8 Å². The summed E-state index contributed by atoms with van der Waals surface area (Å²) < 4.78 is 0. The van der Waals surface area contributed by atoms with Gasteiger partial charge in [0.05, 0.1) is 6.10 Å². The Hall–Kier alpha value is 0.536. The number of unbranched alkanes of at least 4 members (excludes halogenated alkanes) is 8. The van der Waals surface area contributed by atoms with E-state index >= 15 is 0 Å². The van der Waals surface area contributed by atoms with Gasteiger partial charge in [0.2, 0.25) is 5.91 Å². The van der Waals surface area contributed by atoms with Crippen molar-refractivity contribution in [2.75, 3.05) is 0 Å². The first-order chi connectivity index (χ1) is 9.99. The molecule has 5 nitrogen and oxygen atoms in total. The zero-order valence-electron chi connectivity index (χ0n) is 14.4. The minimum Gasteiger partial charge on any atom is -0.480 e. The molecule has 0 aromatic carbocycles. The van der Waals surface area contributed by atoms with E-state index in [1.807, 2.05) is 0 Å². The summed E-state index contributed by atoms with van der Waals surface area (Å²) in [5.41, 5.74) is 0. The number of carboxylic acids is 1. The number of hydrogen-bond acceptors (Lipinski definition) is 3. The Morgan fingerprint density at radius 3 is 1.82 bits per heavy atom. The Morgan fingerprint density at radius 2 is 1.41 bits per heavy atom. The van der Waals surface area contributed by atoms with Gasteiger partial charge in [-0.3, -0.25) is 4.79 Å². The Bertz CT molecular complexity index is 298. The molecule has 2 atom stereocenters. The Labute approximate surface area is 177 Å². The number of carbonyl (C=O) groups excluding carboxylic acids is 1. The molecule has 3 N–H and O–H groups in total. The van der Waals surface area contributed by atoms with Crippen LogP contribution in [0.1, 0.15) is 78.1 Å². The van der Waals surface area contributed by atoms with Gasteiger partial charge < -0.3 is 15.5 Å². The van der Waals surface area contributed by atoms with Crippen LogP contribution in [0.2, 0.25) is 0 Å². The van der Waals surface area contributed by atoms with E-state index in [0.29, 0.717) is 6.42 Å². The van der Waals surface area contributed by atoms with E-state index in [-0.39, 0.29) is 57.3 Å². The quantitative estimate of drug-likeness (QED) is 0.355. The maximum absolute atomic E-state index is 11.6. The van der Waals surface area contributed by atoms with Crippen molar-refractivity contribution in [3.8, 4) is 0 Å². The zero-order chi connectivity index (χ0) is 16.1. The number of aliphatic hydroxyl groups is 1. The molecule has 125 valence electrons. The summed E-state index contributed by atoms with van der Waals surface area (Å²) in [6.07, 6.45) is 9.77. The smallest absolute Gasteiger partial charge is 0.328 e. The molecule has 0 rings (SSSR count). The van der Waals surface area contributed by atoms with Crippen LogP contribution in [-0.4, -0.2) is 85.6 Å². The summed E-state index contributed by atoms with van der Waals surface area (Å²) in [5.74, 6) is -1.50. The molecule has 1 amide bonds. The standard InChI is InChI=1S/C16H31NO4.K/c1-3-4-5-6-7-8-9-10-11-12-14(19)17-15(13(2)18)16(20)21;/h13,15,18H,3-12H2,1-2H3,(H,17,19)(H,20,21);/t13-,15+;/m1./s1. The third-order valence-electron chi connectivity index (χ3n) is 3.57. The van der Waals surface area contributed by atoms with Crippen LogP contribution in [0.15, 0.2) is 0 Å². The molecule has 0 spiro atoms. The van der Waals surface area contributed by atoms with Gasteiger partial charge in [0.15, 0.2) is 6.04 Å². The molecule has 0 unspecified atom stereocenters. The Balaban J connectivity index is 0. The second-order valence-electron chi connectivity index (χ2n) is 5.70. The maximum Gasteiger partial charge on any atom is 0.328 e. The summed E-state index contributed by atoms with van der Waals surface area (Å²) in [4.78, 5) is 22.4. The number of carboxylic acid groups (broad SMARTS) is 1. The van der Waals surface area contributed by atoms with Crippen molar-refractivity contribution in [3.63, 3.8) is 0 Å². The molecular formula is C16H31KNO4. The molecule has 0 bridgehead atoms. The zero-order valence-corrected chi connectivity index (χ0v) is 17.6. The van der Waals surface area contributed by atoms with Gasteiger partial charge >= 0.3 is 5.97 Å².